The third-order valence-corrected chi connectivity index (χ3v) is 17.6. The summed E-state index contributed by atoms with van der Waals surface area (Å²) in [5, 5.41) is 2.25. The van der Waals surface area contributed by atoms with E-state index >= 15 is 0 Å². The van der Waals surface area contributed by atoms with Crippen LogP contribution in [0.2, 0.25) is 25.1 Å². The smallest absolute Gasteiger partial charge is 0.194 e. The quantitative estimate of drug-likeness (QED) is 0.115. The molecule has 0 unspecified atom stereocenters. The van der Waals surface area contributed by atoms with Gasteiger partial charge in [-0.1, -0.05) is 245 Å². The summed E-state index contributed by atoms with van der Waals surface area (Å²) in [6.45, 7) is 2.51. The Balaban J connectivity index is 0.000000693. The molecule has 15 rings (SSSR count). The number of halogens is 5. The van der Waals surface area contributed by atoms with Crippen molar-refractivity contribution < 1.29 is 76.6 Å². The highest BCUT2D eigenvalue weighted by molar-refractivity contribution is 6.43. The molecule has 0 saturated heterocycles. The highest BCUT2D eigenvalue weighted by Gasteiger charge is 2.27. The van der Waals surface area contributed by atoms with Crippen LogP contribution in [0.3, 0.4) is 0 Å². The second-order valence-corrected chi connectivity index (χ2v) is 26.0. The highest BCUT2D eigenvalue weighted by atomic mass is 35.5. The Morgan fingerprint density at radius 3 is 0.967 bits per heavy atom. The highest BCUT2D eigenvalue weighted by Crippen LogP contribution is 2.33. The van der Waals surface area contributed by atoms with Crippen LogP contribution < -0.4 is 9.47 Å². The van der Waals surface area contributed by atoms with Gasteiger partial charge in [0.2, 0.25) is 0 Å². The lowest BCUT2D eigenvalue weighted by Crippen LogP contribution is -2.15. The Bertz CT molecular complexity index is 5640. The van der Waals surface area contributed by atoms with Crippen LogP contribution in [0.1, 0.15) is 126 Å². The first-order valence-electron chi connectivity index (χ1n) is 33.7. The molecule has 7 aliphatic rings. The van der Waals surface area contributed by atoms with E-state index in [1.54, 1.807) is 135 Å². The summed E-state index contributed by atoms with van der Waals surface area (Å²) in [7, 11) is 1.58. The average molecular weight is 1710 g/mol. The number of hydrogen-bond acceptors (Lipinski definition) is 16. The first-order chi connectivity index (χ1) is 53.8. The zero-order valence-corrected chi connectivity index (χ0v) is 62.9. The lowest BCUT2D eigenvalue weighted by Gasteiger charge is -2.14. The number of Topliss-reactive ketones (excluding diaryl/α,β-unsaturated/α-hetero) is 1. The van der Waals surface area contributed by atoms with Crippen LogP contribution in [-0.2, 0) is 57.5 Å². The van der Waals surface area contributed by atoms with Crippen molar-refractivity contribution in [2.45, 2.75) is 66.3 Å². The predicted octanol–water partition coefficient (Wildman–Crippen LogP) is 22.6. The fraction of sp³-hybridized carbons (Fsp3) is 0.111. The minimum atomic E-state index is -0.247. The van der Waals surface area contributed by atoms with Gasteiger partial charge < -0.3 is 9.47 Å². The maximum absolute atomic E-state index is 12.3. The van der Waals surface area contributed by atoms with Gasteiger partial charge in [-0.15, -0.1) is 0 Å². The molecular weight excluding hydrogens is 1620 g/mol. The molecule has 21 heteroatoms. The molecule has 8 aromatic carbocycles. The topological polar surface area (TPSA) is 257 Å². The second-order valence-electron chi connectivity index (χ2n) is 23.9. The van der Waals surface area contributed by atoms with Crippen molar-refractivity contribution in [3.8, 4) is 11.5 Å². The third kappa shape index (κ3) is 29.2. The van der Waals surface area contributed by atoms with Crippen molar-refractivity contribution in [3.05, 3.63) is 385 Å². The van der Waals surface area contributed by atoms with Gasteiger partial charge in [0.25, 0.3) is 0 Å². The number of ether oxygens (including phenoxy) is 2. The summed E-state index contributed by atoms with van der Waals surface area (Å²) in [6.07, 6.45) is 24.6. The first kappa shape index (κ1) is 105. The monoisotopic (exact) mass is 1710 g/mol. The summed E-state index contributed by atoms with van der Waals surface area (Å²) in [5.41, 5.74) is 8.45. The van der Waals surface area contributed by atoms with E-state index in [0.717, 1.165) is 33.8 Å². The first-order valence-corrected chi connectivity index (χ1v) is 35.6. The fourth-order valence-corrected chi connectivity index (χ4v) is 12.0. The van der Waals surface area contributed by atoms with Crippen LogP contribution in [0.5, 0.6) is 11.5 Å². The van der Waals surface area contributed by atoms with Crippen LogP contribution in [0.4, 0.5) is 0 Å². The van der Waals surface area contributed by atoms with Gasteiger partial charge in [0.1, 0.15) is 11.5 Å². The van der Waals surface area contributed by atoms with E-state index in [4.69, 9.17) is 67.5 Å². The van der Waals surface area contributed by atoms with Gasteiger partial charge in [0.05, 0.1) is 18.7 Å². The van der Waals surface area contributed by atoms with Crippen molar-refractivity contribution in [2.75, 3.05) is 13.7 Å². The van der Waals surface area contributed by atoms with E-state index in [0.29, 0.717) is 93.0 Å². The molecule has 16 nitrogen and oxygen atoms in total. The van der Waals surface area contributed by atoms with Gasteiger partial charge in [0, 0.05) is 81.4 Å². The van der Waals surface area contributed by atoms with Crippen LogP contribution in [-0.4, -0.2) is 94.7 Å². The van der Waals surface area contributed by atoms with E-state index < -0.39 is 0 Å². The molecule has 0 N–H and O–H groups in total. The van der Waals surface area contributed by atoms with Crippen LogP contribution in [0, 0.1) is 0 Å². The van der Waals surface area contributed by atoms with Crippen LogP contribution >= 0.6 is 58.0 Å². The third-order valence-electron chi connectivity index (χ3n) is 16.3. The number of benzene rings is 8. The van der Waals surface area contributed by atoms with Crippen molar-refractivity contribution in [2.24, 2.45) is 0 Å². The number of carbonyl (C=O) groups excluding carboxylic acids is 14. The zero-order valence-electron chi connectivity index (χ0n) is 59.1. The van der Waals surface area contributed by atoms with Crippen LogP contribution in [0.15, 0.2) is 310 Å². The lowest BCUT2D eigenvalue weighted by molar-refractivity contribution is -0.113. The molecular formula is C99H91Cl5O16. The van der Waals surface area contributed by atoms with E-state index in [1.165, 1.54) is 122 Å². The van der Waals surface area contributed by atoms with Crippen LogP contribution in [0.25, 0.3) is 39.0 Å². The van der Waals surface area contributed by atoms with Gasteiger partial charge in [-0.2, -0.15) is 0 Å². The molecule has 0 fully saturated rings. The number of allylic oxidation sites excluding steroid dienone is 26. The molecule has 0 aliphatic heterocycles. The molecule has 8 aromatic rings. The molecule has 0 aromatic heterocycles. The minimum Gasteiger partial charge on any atom is -0.497 e. The molecule has 120 heavy (non-hydrogen) atoms. The predicted molar refractivity (Wildman–Crippen MR) is 488 cm³/mol. The Hall–Kier alpha value is -13.2. The second kappa shape index (κ2) is 50.4. The molecule has 0 radical (unpaired) electrons. The van der Waals surface area contributed by atoms with Gasteiger partial charge in [-0.25, -0.2) is 0 Å². The number of ketones is 14. The number of fused-ring (bicyclic) bond motifs is 1. The van der Waals surface area contributed by atoms with E-state index in [-0.39, 0.29) is 146 Å². The van der Waals surface area contributed by atoms with Crippen molar-refractivity contribution >= 4 is 178 Å². The Labute approximate surface area is 726 Å². The van der Waals surface area contributed by atoms with Crippen molar-refractivity contribution in [3.63, 3.8) is 0 Å². The number of methoxy groups -OCH3 is 1. The van der Waals surface area contributed by atoms with Crippen molar-refractivity contribution in [1.29, 1.82) is 0 Å². The number of hydrogen-bond donors (Lipinski definition) is 0. The SMILES string of the molecule is C.C.C.C.C.C.C.C.CCOc1ccc(C2=CC(=O)C=CC2=O)cc1.COc1ccc(C2=CC(=O)C=CC2=O)cc1.O=C1C=C(c2ccccc2)C(=O)c2ccccc21.O=C1C=CC(=O)C(c2cc(Cl)ccc2Cl)=C1.O=C1C=CC(=O)C(c2ccc(Cl)cc2Cl)=C1.O=C1C=CC(=O)C(c2cccc(Cl)c2)=C1.O=C1C=CC(=O)C(c2ccccc2)=C1. The minimum absolute atomic E-state index is 0. The maximum atomic E-state index is 12.3. The van der Waals surface area contributed by atoms with Gasteiger partial charge in [-0.05, 0) is 217 Å². The van der Waals surface area contributed by atoms with E-state index in [1.807, 2.05) is 67.6 Å². The van der Waals surface area contributed by atoms with E-state index in [9.17, 15) is 67.1 Å². The average Bonchev–Trinajstić information content (AvgIpc) is 0.782. The normalized spacial score (nSPS) is 14.0. The molecule has 0 heterocycles. The Morgan fingerprint density at radius 2 is 0.567 bits per heavy atom. The molecule has 7 aliphatic carbocycles. The lowest BCUT2D eigenvalue weighted by atomic mass is 9.86. The largest absolute Gasteiger partial charge is 0.497 e. The fourth-order valence-electron chi connectivity index (χ4n) is 10.9. The number of carbonyl (C=O) groups is 14. The standard InChI is InChI=1S/C16H10O2.C14H12O3.C13H10O3.2C12H6Cl2O2.C12H7ClO2.C12H8O2.8CH4/c17-15-10-14(11-6-2-1-3-7-11)16(18)13-9-5-4-8-12(13)15;1-2-17-12-6-3-10(4-7-12)13-9-11(15)5-8-14(13)16;1-16-11-5-2-9(3-6-11)12-8-10(14)4-7-13(12)15;13-7-1-3-11(14)9(5-7)10-6-8(15)2-4-12(10)16;13-7-1-3-9(11(14)5-7)10-6-8(15)2-4-12(10)16;13-9-3-1-2-8(6-9)11-7-10(14)4-5-12(11)15;13-10-6-7-12(14)11(8-10)9-4-2-1-3-5-9;;;;;;;;/h1-10H;3-9H,2H2,1H3;2-8H,1H3;2*1-6H;1-7H;1-8H;8*1H4. The molecule has 0 bridgehead atoms. The maximum Gasteiger partial charge on any atom is 0.194 e. The van der Waals surface area contributed by atoms with E-state index in [2.05, 4.69) is 0 Å². The summed E-state index contributed by atoms with van der Waals surface area (Å²) in [5.74, 6) is -0.867. The van der Waals surface area contributed by atoms with Gasteiger partial charge in [0.15, 0.2) is 81.0 Å². The zero-order chi connectivity index (χ0) is 80.5. The molecule has 618 valence electrons. The number of rotatable bonds is 10. The van der Waals surface area contributed by atoms with Gasteiger partial charge in [-0.3, -0.25) is 67.1 Å². The molecule has 0 saturated carbocycles. The summed E-state index contributed by atoms with van der Waals surface area (Å²) < 4.78 is 10.3. The molecule has 0 amide bonds. The summed E-state index contributed by atoms with van der Waals surface area (Å²) in [4.78, 5) is 161. The Kier molecular flexibility index (Phi) is 44.1. The molecule has 0 atom stereocenters. The Morgan fingerprint density at radius 1 is 0.242 bits per heavy atom. The van der Waals surface area contributed by atoms with Crippen molar-refractivity contribution in [1.82, 2.24) is 0 Å². The summed E-state index contributed by atoms with van der Waals surface area (Å²) >= 11 is 29.3. The summed E-state index contributed by atoms with van der Waals surface area (Å²) in [6, 6.07) is 56.0. The molecule has 0 spiro atoms. The van der Waals surface area contributed by atoms with Gasteiger partial charge >= 0.3 is 0 Å².